The fourth-order valence-corrected chi connectivity index (χ4v) is 1.87. The van der Waals surface area contributed by atoms with Crippen molar-refractivity contribution < 1.29 is 9.13 Å². The highest BCUT2D eigenvalue weighted by molar-refractivity contribution is 5.46. The van der Waals surface area contributed by atoms with E-state index in [0.29, 0.717) is 17.1 Å². The van der Waals surface area contributed by atoms with Crippen LogP contribution in [0.5, 0.6) is 5.75 Å². The van der Waals surface area contributed by atoms with E-state index in [-0.39, 0.29) is 17.0 Å². The molecule has 2 rings (SSSR count). The molecular weight excluding hydrogens is 247 g/mol. The van der Waals surface area contributed by atoms with Gasteiger partial charge in [-0.05, 0) is 34.4 Å². The maximum absolute atomic E-state index is 14.3. The van der Waals surface area contributed by atoms with E-state index in [2.05, 4.69) is 15.5 Å². The van der Waals surface area contributed by atoms with Crippen molar-refractivity contribution in [2.45, 2.75) is 33.1 Å². The topological polar surface area (TPSA) is 52.8 Å². The van der Waals surface area contributed by atoms with Crippen molar-refractivity contribution in [3.63, 3.8) is 0 Å². The smallest absolute Gasteiger partial charge is 0.168 e. The summed E-state index contributed by atoms with van der Waals surface area (Å²) < 4.78 is 21.0. The molecule has 2 aromatic rings. The Hall–Kier alpha value is -1.98. The van der Waals surface area contributed by atoms with Gasteiger partial charge in [-0.3, -0.25) is 0 Å². The molecule has 0 aliphatic carbocycles. The third-order valence-corrected chi connectivity index (χ3v) is 2.92. The second-order valence-electron chi connectivity index (χ2n) is 5.40. The molecule has 6 heteroatoms. The van der Waals surface area contributed by atoms with Gasteiger partial charge in [-0.1, -0.05) is 20.8 Å². The summed E-state index contributed by atoms with van der Waals surface area (Å²) in [5.74, 6) is 0.482. The summed E-state index contributed by atoms with van der Waals surface area (Å²) in [6.45, 7) is 7.62. The van der Waals surface area contributed by atoms with Gasteiger partial charge in [0.15, 0.2) is 17.4 Å². The molecule has 0 unspecified atom stereocenters. The van der Waals surface area contributed by atoms with Gasteiger partial charge in [0.1, 0.15) is 0 Å². The Morgan fingerprint density at radius 2 is 1.95 bits per heavy atom. The maximum atomic E-state index is 14.3. The summed E-state index contributed by atoms with van der Waals surface area (Å²) in [5, 5.41) is 11.3. The van der Waals surface area contributed by atoms with Crippen LogP contribution in [0.4, 0.5) is 4.39 Å². The van der Waals surface area contributed by atoms with E-state index in [9.17, 15) is 4.39 Å². The van der Waals surface area contributed by atoms with Gasteiger partial charge in [0.25, 0.3) is 0 Å². The lowest BCUT2D eigenvalue weighted by Crippen LogP contribution is -2.15. The molecule has 0 N–H and O–H groups in total. The zero-order chi connectivity index (χ0) is 14.2. The predicted octanol–water partition coefficient (Wildman–Crippen LogP) is 2.42. The summed E-state index contributed by atoms with van der Waals surface area (Å²) in [4.78, 5) is 0. The quantitative estimate of drug-likeness (QED) is 0.836. The molecule has 0 saturated heterocycles. The highest BCUT2D eigenvalue weighted by atomic mass is 19.1. The molecule has 0 fully saturated rings. The number of halogens is 1. The fraction of sp³-hybridized carbons (Fsp3) is 0.462. The van der Waals surface area contributed by atoms with Crippen LogP contribution >= 0.6 is 0 Å². The second-order valence-corrected chi connectivity index (χ2v) is 5.40. The molecule has 0 bridgehead atoms. The number of hydrogen-bond donors (Lipinski definition) is 0. The third-order valence-electron chi connectivity index (χ3n) is 2.92. The zero-order valence-corrected chi connectivity index (χ0v) is 11.7. The Morgan fingerprint density at radius 3 is 2.42 bits per heavy atom. The lowest BCUT2D eigenvalue weighted by atomic mass is 9.86. The van der Waals surface area contributed by atoms with Crippen LogP contribution in [-0.2, 0) is 5.41 Å². The van der Waals surface area contributed by atoms with Crippen LogP contribution in [0.25, 0.3) is 5.69 Å². The van der Waals surface area contributed by atoms with Gasteiger partial charge in [0, 0.05) is 6.07 Å². The van der Waals surface area contributed by atoms with Crippen LogP contribution in [-0.4, -0.2) is 27.3 Å². The van der Waals surface area contributed by atoms with E-state index in [1.165, 1.54) is 7.11 Å². The van der Waals surface area contributed by atoms with Crippen molar-refractivity contribution in [2.24, 2.45) is 0 Å². The van der Waals surface area contributed by atoms with Crippen molar-refractivity contribution in [2.75, 3.05) is 7.11 Å². The Labute approximate surface area is 111 Å². The second kappa shape index (κ2) is 4.60. The van der Waals surface area contributed by atoms with Crippen molar-refractivity contribution >= 4 is 0 Å². The maximum Gasteiger partial charge on any atom is 0.168 e. The number of benzene rings is 1. The number of rotatable bonds is 2. The zero-order valence-electron chi connectivity index (χ0n) is 11.7. The Kier molecular flexibility index (Phi) is 3.26. The van der Waals surface area contributed by atoms with Gasteiger partial charge in [-0.25, -0.2) is 4.39 Å². The minimum atomic E-state index is -0.343. The average Bonchev–Trinajstić information content (AvgIpc) is 2.74. The number of methoxy groups -OCH3 is 1. The van der Waals surface area contributed by atoms with Crippen LogP contribution in [0.2, 0.25) is 0 Å². The van der Waals surface area contributed by atoms with E-state index in [0.717, 1.165) is 0 Å². The first-order valence-electron chi connectivity index (χ1n) is 5.98. The lowest BCUT2D eigenvalue weighted by Gasteiger charge is -2.22. The first-order chi connectivity index (χ1) is 8.84. The van der Waals surface area contributed by atoms with Gasteiger partial charge in [0.2, 0.25) is 0 Å². The van der Waals surface area contributed by atoms with E-state index in [4.69, 9.17) is 4.74 Å². The van der Waals surface area contributed by atoms with Crippen LogP contribution in [0, 0.1) is 12.7 Å². The number of ether oxygens (including phenoxy) is 1. The molecule has 0 radical (unpaired) electrons. The molecule has 19 heavy (non-hydrogen) atoms. The molecule has 1 aromatic carbocycles. The minimum Gasteiger partial charge on any atom is -0.494 e. The Bertz CT molecular complexity index is 601. The standard InChI is InChI=1S/C13H17FN4O/c1-8-15-16-17-18(8)9-6-10(13(2,3)4)12(14)11(7-9)19-5/h6-7H,1-5H3. The number of aromatic nitrogens is 4. The van der Waals surface area contributed by atoms with Gasteiger partial charge >= 0.3 is 0 Å². The third kappa shape index (κ3) is 2.43. The molecule has 5 nitrogen and oxygen atoms in total. The number of hydrogen-bond acceptors (Lipinski definition) is 4. The van der Waals surface area contributed by atoms with E-state index in [1.54, 1.807) is 23.7 Å². The van der Waals surface area contributed by atoms with Gasteiger partial charge in [-0.2, -0.15) is 4.68 Å². The van der Waals surface area contributed by atoms with Crippen molar-refractivity contribution in [3.05, 3.63) is 29.3 Å². The van der Waals surface area contributed by atoms with E-state index in [1.807, 2.05) is 20.8 Å². The summed E-state index contributed by atoms with van der Waals surface area (Å²) in [6, 6.07) is 3.34. The highest BCUT2D eigenvalue weighted by Crippen LogP contribution is 2.32. The monoisotopic (exact) mass is 264 g/mol. The minimum absolute atomic E-state index is 0.192. The first kappa shape index (κ1) is 13.5. The first-order valence-corrected chi connectivity index (χ1v) is 5.98. The van der Waals surface area contributed by atoms with Crippen molar-refractivity contribution in [3.8, 4) is 11.4 Å². The van der Waals surface area contributed by atoms with E-state index < -0.39 is 0 Å². The van der Waals surface area contributed by atoms with Crippen LogP contribution in [0.1, 0.15) is 32.2 Å². The Morgan fingerprint density at radius 1 is 1.26 bits per heavy atom. The molecule has 1 heterocycles. The summed E-state index contributed by atoms with van der Waals surface area (Å²) in [6.07, 6.45) is 0. The van der Waals surface area contributed by atoms with E-state index >= 15 is 0 Å². The predicted molar refractivity (Wildman–Crippen MR) is 69.1 cm³/mol. The highest BCUT2D eigenvalue weighted by Gasteiger charge is 2.23. The summed E-state index contributed by atoms with van der Waals surface area (Å²) >= 11 is 0. The fourth-order valence-electron chi connectivity index (χ4n) is 1.87. The average molecular weight is 264 g/mol. The van der Waals surface area contributed by atoms with Gasteiger partial charge < -0.3 is 4.74 Å². The van der Waals surface area contributed by atoms with Crippen LogP contribution in [0.15, 0.2) is 12.1 Å². The summed E-state index contributed by atoms with van der Waals surface area (Å²) in [7, 11) is 1.45. The van der Waals surface area contributed by atoms with Crippen LogP contribution < -0.4 is 4.74 Å². The van der Waals surface area contributed by atoms with Crippen LogP contribution in [0.3, 0.4) is 0 Å². The Balaban J connectivity index is 2.68. The van der Waals surface area contributed by atoms with Gasteiger partial charge in [0.05, 0.1) is 12.8 Å². The molecule has 0 amide bonds. The molecule has 1 aromatic heterocycles. The number of tetrazole rings is 1. The molecule has 0 atom stereocenters. The molecular formula is C13H17FN4O. The lowest BCUT2D eigenvalue weighted by molar-refractivity contribution is 0.378. The van der Waals surface area contributed by atoms with Crippen molar-refractivity contribution in [1.82, 2.24) is 20.2 Å². The molecule has 0 saturated carbocycles. The molecule has 0 aliphatic rings. The van der Waals surface area contributed by atoms with Gasteiger partial charge in [-0.15, -0.1) is 5.10 Å². The number of nitrogens with zero attached hydrogens (tertiary/aromatic N) is 4. The largest absolute Gasteiger partial charge is 0.494 e. The number of aryl methyl sites for hydroxylation is 1. The molecule has 102 valence electrons. The normalized spacial score (nSPS) is 11.7. The molecule has 0 spiro atoms. The summed E-state index contributed by atoms with van der Waals surface area (Å²) in [5.41, 5.74) is 0.914. The van der Waals surface area contributed by atoms with Crippen molar-refractivity contribution in [1.29, 1.82) is 0 Å². The SMILES string of the molecule is COc1cc(-n2nnnc2C)cc(C(C)(C)C)c1F. The molecule has 0 aliphatic heterocycles.